The number of nitrogens with one attached hydrogen (secondary N) is 2. The first kappa shape index (κ1) is 9.71. The molecule has 0 aliphatic carbocycles. The van der Waals surface area contributed by atoms with Gasteiger partial charge in [0.05, 0.1) is 0 Å². The molecule has 0 unspecified atom stereocenters. The van der Waals surface area contributed by atoms with Gasteiger partial charge in [-0.25, -0.2) is 0 Å². The minimum absolute atomic E-state index is 0.0507. The van der Waals surface area contributed by atoms with Crippen LogP contribution in [0.2, 0.25) is 0 Å². The van der Waals surface area contributed by atoms with Gasteiger partial charge in [-0.05, 0) is 30.2 Å². The summed E-state index contributed by atoms with van der Waals surface area (Å²) < 4.78 is 0. The highest BCUT2D eigenvalue weighted by Crippen LogP contribution is 2.25. The van der Waals surface area contributed by atoms with Crippen LogP contribution in [0.5, 0.6) is 0 Å². The third kappa shape index (κ3) is 2.15. The lowest BCUT2D eigenvalue weighted by Gasteiger charge is -2.17. The third-order valence-electron chi connectivity index (χ3n) is 2.32. The molecule has 4 heteroatoms. The molecule has 0 saturated heterocycles. The minimum atomic E-state index is -0.0882. The Hall–Kier alpha value is -1.84. The summed E-state index contributed by atoms with van der Waals surface area (Å²) in [6.45, 7) is 1.47. The van der Waals surface area contributed by atoms with Crippen LogP contribution >= 0.6 is 0 Å². The quantitative estimate of drug-likeness (QED) is 0.728. The number of carbonyl (C=O) groups excluding carboxylic acids is 2. The molecular weight excluding hydrogens is 192 g/mol. The van der Waals surface area contributed by atoms with E-state index in [4.69, 9.17) is 0 Å². The maximum atomic E-state index is 11.1. The van der Waals surface area contributed by atoms with Crippen molar-refractivity contribution in [3.8, 4) is 0 Å². The Morgan fingerprint density at radius 2 is 2.20 bits per heavy atom. The zero-order chi connectivity index (χ0) is 10.8. The Labute approximate surface area is 87.7 Å². The number of amides is 2. The van der Waals surface area contributed by atoms with Crippen molar-refractivity contribution < 1.29 is 9.59 Å². The molecule has 0 spiro atoms. The maximum Gasteiger partial charge on any atom is 0.224 e. The monoisotopic (exact) mass is 204 g/mol. The normalized spacial score (nSPS) is 14.1. The first-order valence-electron chi connectivity index (χ1n) is 4.85. The number of carbonyl (C=O) groups is 2. The van der Waals surface area contributed by atoms with Crippen molar-refractivity contribution in [2.75, 3.05) is 10.6 Å². The van der Waals surface area contributed by atoms with Gasteiger partial charge in [0.25, 0.3) is 0 Å². The van der Waals surface area contributed by atoms with Crippen LogP contribution in [-0.2, 0) is 16.0 Å². The number of fused-ring (bicyclic) bond motifs is 1. The topological polar surface area (TPSA) is 58.2 Å². The number of anilines is 2. The number of hydrogen-bond donors (Lipinski definition) is 2. The highest BCUT2D eigenvalue weighted by Gasteiger charge is 2.14. The van der Waals surface area contributed by atoms with Gasteiger partial charge in [-0.1, -0.05) is 0 Å². The summed E-state index contributed by atoms with van der Waals surface area (Å²) in [6, 6.07) is 5.50. The van der Waals surface area contributed by atoms with E-state index in [1.54, 1.807) is 6.07 Å². The van der Waals surface area contributed by atoms with Gasteiger partial charge >= 0.3 is 0 Å². The molecule has 1 heterocycles. The summed E-state index contributed by atoms with van der Waals surface area (Å²) in [5.41, 5.74) is 2.69. The van der Waals surface area contributed by atoms with Crippen molar-refractivity contribution in [3.63, 3.8) is 0 Å². The van der Waals surface area contributed by atoms with E-state index >= 15 is 0 Å². The smallest absolute Gasteiger partial charge is 0.224 e. The zero-order valence-electron chi connectivity index (χ0n) is 8.46. The largest absolute Gasteiger partial charge is 0.326 e. The molecule has 0 bridgehead atoms. The Morgan fingerprint density at radius 1 is 1.40 bits per heavy atom. The molecule has 1 aliphatic heterocycles. The number of rotatable bonds is 1. The summed E-state index contributed by atoms with van der Waals surface area (Å²) in [5, 5.41) is 5.50. The Morgan fingerprint density at radius 3 is 2.93 bits per heavy atom. The molecule has 0 saturated carbocycles. The average Bonchev–Trinajstić information content (AvgIpc) is 2.17. The highest BCUT2D eigenvalue weighted by molar-refractivity contribution is 5.95. The lowest BCUT2D eigenvalue weighted by atomic mass is 10.0. The van der Waals surface area contributed by atoms with E-state index in [9.17, 15) is 9.59 Å². The van der Waals surface area contributed by atoms with Crippen LogP contribution in [0.1, 0.15) is 18.9 Å². The van der Waals surface area contributed by atoms with E-state index in [1.165, 1.54) is 6.92 Å². The van der Waals surface area contributed by atoms with E-state index in [0.717, 1.165) is 23.4 Å². The predicted molar refractivity (Wildman–Crippen MR) is 57.7 cm³/mol. The molecule has 0 atom stereocenters. The van der Waals surface area contributed by atoms with Crippen LogP contribution in [0.3, 0.4) is 0 Å². The fourth-order valence-electron chi connectivity index (χ4n) is 1.66. The molecule has 0 fully saturated rings. The van der Waals surface area contributed by atoms with Crippen molar-refractivity contribution in [1.82, 2.24) is 0 Å². The highest BCUT2D eigenvalue weighted by atomic mass is 16.2. The van der Waals surface area contributed by atoms with Crippen LogP contribution < -0.4 is 10.6 Å². The Kier molecular flexibility index (Phi) is 2.41. The molecule has 1 aromatic carbocycles. The zero-order valence-corrected chi connectivity index (χ0v) is 8.46. The Bertz CT molecular complexity index is 427. The van der Waals surface area contributed by atoms with E-state index in [1.807, 2.05) is 12.1 Å². The molecule has 1 aromatic rings. The Balaban J connectivity index is 2.26. The maximum absolute atomic E-state index is 11.1. The van der Waals surface area contributed by atoms with Gasteiger partial charge < -0.3 is 10.6 Å². The van der Waals surface area contributed by atoms with E-state index in [2.05, 4.69) is 10.6 Å². The summed E-state index contributed by atoms with van der Waals surface area (Å²) in [6.07, 6.45) is 1.24. The molecule has 2 amide bonds. The van der Waals surface area contributed by atoms with Crippen LogP contribution in [0.25, 0.3) is 0 Å². The standard InChI is InChI=1S/C11H12N2O2/c1-7(14)12-9-3-4-10-8(6-9)2-5-11(15)13-10/h3-4,6H,2,5H2,1H3,(H,12,14)(H,13,15). The van der Waals surface area contributed by atoms with Gasteiger partial charge in [-0.15, -0.1) is 0 Å². The number of benzene rings is 1. The van der Waals surface area contributed by atoms with E-state index in [-0.39, 0.29) is 11.8 Å². The number of hydrogen-bond acceptors (Lipinski definition) is 2. The van der Waals surface area contributed by atoms with Gasteiger partial charge in [0.1, 0.15) is 0 Å². The van der Waals surface area contributed by atoms with Crippen LogP contribution in [0.15, 0.2) is 18.2 Å². The van der Waals surface area contributed by atoms with Crippen molar-refractivity contribution in [2.24, 2.45) is 0 Å². The summed E-state index contributed by atoms with van der Waals surface area (Å²) >= 11 is 0. The first-order valence-corrected chi connectivity index (χ1v) is 4.85. The molecular formula is C11H12N2O2. The second-order valence-electron chi connectivity index (χ2n) is 3.60. The molecule has 2 N–H and O–H groups in total. The van der Waals surface area contributed by atoms with Crippen molar-refractivity contribution in [3.05, 3.63) is 23.8 Å². The van der Waals surface area contributed by atoms with Crippen LogP contribution in [0.4, 0.5) is 11.4 Å². The summed E-state index contributed by atoms with van der Waals surface area (Å²) in [5.74, 6) is -0.0374. The summed E-state index contributed by atoms with van der Waals surface area (Å²) in [7, 11) is 0. The fourth-order valence-corrected chi connectivity index (χ4v) is 1.66. The lowest BCUT2D eigenvalue weighted by Crippen LogP contribution is -2.19. The van der Waals surface area contributed by atoms with Crippen LogP contribution in [-0.4, -0.2) is 11.8 Å². The molecule has 0 aromatic heterocycles. The second kappa shape index (κ2) is 3.73. The minimum Gasteiger partial charge on any atom is -0.326 e. The molecule has 0 radical (unpaired) electrons. The van der Waals surface area contributed by atoms with Crippen molar-refractivity contribution in [1.29, 1.82) is 0 Å². The van der Waals surface area contributed by atoms with Crippen molar-refractivity contribution in [2.45, 2.75) is 19.8 Å². The van der Waals surface area contributed by atoms with Gasteiger partial charge in [-0.3, -0.25) is 9.59 Å². The van der Waals surface area contributed by atoms with Gasteiger partial charge in [0, 0.05) is 24.7 Å². The van der Waals surface area contributed by atoms with E-state index in [0.29, 0.717) is 6.42 Å². The fraction of sp³-hybridized carbons (Fsp3) is 0.273. The van der Waals surface area contributed by atoms with E-state index < -0.39 is 0 Å². The second-order valence-corrected chi connectivity index (χ2v) is 3.60. The van der Waals surface area contributed by atoms with Gasteiger partial charge in [0.15, 0.2) is 0 Å². The molecule has 2 rings (SSSR count). The number of aryl methyl sites for hydroxylation is 1. The summed E-state index contributed by atoms with van der Waals surface area (Å²) in [4.78, 5) is 22.0. The first-order chi connectivity index (χ1) is 7.15. The third-order valence-corrected chi connectivity index (χ3v) is 2.32. The molecule has 4 nitrogen and oxygen atoms in total. The predicted octanol–water partition coefficient (Wildman–Crippen LogP) is 1.53. The molecule has 1 aliphatic rings. The molecule has 78 valence electrons. The SMILES string of the molecule is CC(=O)Nc1ccc2c(c1)CCC(=O)N2. The van der Waals surface area contributed by atoms with Crippen molar-refractivity contribution >= 4 is 23.2 Å². The average molecular weight is 204 g/mol. The van der Waals surface area contributed by atoms with Gasteiger partial charge in [-0.2, -0.15) is 0 Å². The van der Waals surface area contributed by atoms with Gasteiger partial charge in [0.2, 0.25) is 11.8 Å². The van der Waals surface area contributed by atoms with Crippen LogP contribution in [0, 0.1) is 0 Å². The lowest BCUT2D eigenvalue weighted by molar-refractivity contribution is -0.116. The molecule has 15 heavy (non-hydrogen) atoms.